The van der Waals surface area contributed by atoms with Crippen molar-refractivity contribution in [2.45, 2.75) is 25.7 Å². The molecule has 10 heavy (non-hydrogen) atoms. The van der Waals surface area contributed by atoms with Gasteiger partial charge < -0.3 is 0 Å². The Kier molecular flexibility index (Phi) is 3.69. The van der Waals surface area contributed by atoms with Gasteiger partial charge in [0, 0.05) is 0 Å². The molecule has 0 bridgehead atoms. The highest BCUT2D eigenvalue weighted by molar-refractivity contribution is 5.11. The van der Waals surface area contributed by atoms with Gasteiger partial charge in [0.15, 0.2) is 0 Å². The molecule has 0 heteroatoms. The van der Waals surface area contributed by atoms with Crippen molar-refractivity contribution in [2.75, 3.05) is 0 Å². The zero-order valence-electron chi connectivity index (χ0n) is 6.29. The van der Waals surface area contributed by atoms with Gasteiger partial charge in [0.25, 0.3) is 0 Å². The Morgan fingerprint density at radius 3 is 1.60 bits per heavy atom. The van der Waals surface area contributed by atoms with E-state index in [0.717, 1.165) is 0 Å². The summed E-state index contributed by atoms with van der Waals surface area (Å²) in [7, 11) is 0. The molecule has 1 aliphatic rings. The molecule has 0 aromatic carbocycles. The fraction of sp³-hybridized carbons (Fsp3) is 0.400. The maximum Gasteiger partial charge on any atom is -0.0347 e. The second-order valence-corrected chi connectivity index (χ2v) is 2.53. The van der Waals surface area contributed by atoms with Crippen LogP contribution in [0.2, 0.25) is 0 Å². The standard InChI is InChI=1S/C10H14/c1-2-4-6-8-10-9-7-5-3-1/h1-6H,7-10H2/b2-1-,5-3-,6-4-. The largest absolute Gasteiger partial charge is 0.0845 e. The molecule has 0 aromatic heterocycles. The van der Waals surface area contributed by atoms with Crippen LogP contribution in [0.15, 0.2) is 36.5 Å². The van der Waals surface area contributed by atoms with Gasteiger partial charge in [-0.05, 0) is 25.7 Å². The SMILES string of the molecule is C1=C\C=C/CCCC\C=C/1. The summed E-state index contributed by atoms with van der Waals surface area (Å²) in [4.78, 5) is 0. The van der Waals surface area contributed by atoms with E-state index in [2.05, 4.69) is 36.5 Å². The van der Waals surface area contributed by atoms with Crippen molar-refractivity contribution < 1.29 is 0 Å². The van der Waals surface area contributed by atoms with Gasteiger partial charge >= 0.3 is 0 Å². The minimum Gasteiger partial charge on any atom is -0.0845 e. The first-order valence-electron chi connectivity index (χ1n) is 3.98. The Hall–Kier alpha value is -0.780. The Morgan fingerprint density at radius 2 is 1.10 bits per heavy atom. The molecule has 0 amide bonds. The van der Waals surface area contributed by atoms with Gasteiger partial charge in [-0.3, -0.25) is 0 Å². The third kappa shape index (κ3) is 3.29. The number of hydrogen-bond acceptors (Lipinski definition) is 0. The first kappa shape index (κ1) is 7.33. The van der Waals surface area contributed by atoms with Gasteiger partial charge in [-0.1, -0.05) is 36.5 Å². The van der Waals surface area contributed by atoms with Gasteiger partial charge in [0.1, 0.15) is 0 Å². The summed E-state index contributed by atoms with van der Waals surface area (Å²) in [6.45, 7) is 0. The molecule has 0 saturated heterocycles. The van der Waals surface area contributed by atoms with Crippen LogP contribution in [0.4, 0.5) is 0 Å². The minimum absolute atomic E-state index is 1.23. The third-order valence-corrected chi connectivity index (χ3v) is 1.60. The molecule has 54 valence electrons. The highest BCUT2D eigenvalue weighted by Crippen LogP contribution is 2.03. The summed E-state index contributed by atoms with van der Waals surface area (Å²) < 4.78 is 0. The molecule has 0 nitrogen and oxygen atoms in total. The zero-order valence-corrected chi connectivity index (χ0v) is 6.29. The smallest absolute Gasteiger partial charge is 0.0347 e. The Morgan fingerprint density at radius 1 is 0.600 bits per heavy atom. The predicted octanol–water partition coefficient (Wildman–Crippen LogP) is 3.23. The van der Waals surface area contributed by atoms with Crippen molar-refractivity contribution in [3.8, 4) is 0 Å². The fourth-order valence-electron chi connectivity index (χ4n) is 1.00. The van der Waals surface area contributed by atoms with Crippen molar-refractivity contribution in [3.63, 3.8) is 0 Å². The molecule has 0 fully saturated rings. The first-order chi connectivity index (χ1) is 5.00. The van der Waals surface area contributed by atoms with Crippen LogP contribution < -0.4 is 0 Å². The molecule has 0 atom stereocenters. The molecule has 1 aliphatic carbocycles. The molecule has 0 radical (unpaired) electrons. The highest BCUT2D eigenvalue weighted by atomic mass is 13.9. The molecule has 0 saturated carbocycles. The summed E-state index contributed by atoms with van der Waals surface area (Å²) in [6.07, 6.45) is 18.0. The van der Waals surface area contributed by atoms with Crippen molar-refractivity contribution in [1.29, 1.82) is 0 Å². The van der Waals surface area contributed by atoms with Crippen LogP contribution >= 0.6 is 0 Å². The molecular weight excluding hydrogens is 120 g/mol. The summed E-state index contributed by atoms with van der Waals surface area (Å²) in [5, 5.41) is 0. The van der Waals surface area contributed by atoms with Crippen molar-refractivity contribution in [3.05, 3.63) is 36.5 Å². The van der Waals surface area contributed by atoms with Gasteiger partial charge in [-0.25, -0.2) is 0 Å². The summed E-state index contributed by atoms with van der Waals surface area (Å²) >= 11 is 0. The van der Waals surface area contributed by atoms with Crippen LogP contribution in [0, 0.1) is 0 Å². The van der Waals surface area contributed by atoms with E-state index in [1.54, 1.807) is 0 Å². The molecule has 0 N–H and O–H groups in total. The van der Waals surface area contributed by atoms with E-state index in [1.165, 1.54) is 25.7 Å². The van der Waals surface area contributed by atoms with E-state index in [1.807, 2.05) is 0 Å². The van der Waals surface area contributed by atoms with E-state index in [4.69, 9.17) is 0 Å². The number of allylic oxidation sites excluding steroid dienone is 6. The molecule has 0 aromatic rings. The maximum absolute atomic E-state index is 2.23. The topological polar surface area (TPSA) is 0 Å². The number of rotatable bonds is 0. The lowest BCUT2D eigenvalue weighted by molar-refractivity contribution is 0.762. The van der Waals surface area contributed by atoms with E-state index >= 15 is 0 Å². The molecule has 0 unspecified atom stereocenters. The van der Waals surface area contributed by atoms with Crippen molar-refractivity contribution in [2.24, 2.45) is 0 Å². The normalized spacial score (nSPS) is 28.8. The van der Waals surface area contributed by atoms with Crippen LogP contribution in [0.25, 0.3) is 0 Å². The predicted molar refractivity (Wildman–Crippen MR) is 45.9 cm³/mol. The van der Waals surface area contributed by atoms with Gasteiger partial charge in [-0.15, -0.1) is 0 Å². The van der Waals surface area contributed by atoms with Crippen molar-refractivity contribution >= 4 is 0 Å². The van der Waals surface area contributed by atoms with Crippen LogP contribution in [-0.4, -0.2) is 0 Å². The lowest BCUT2D eigenvalue weighted by atomic mass is 10.1. The Labute approximate surface area is 62.9 Å². The van der Waals surface area contributed by atoms with Gasteiger partial charge in [-0.2, -0.15) is 0 Å². The maximum atomic E-state index is 2.23. The first-order valence-corrected chi connectivity index (χ1v) is 3.98. The monoisotopic (exact) mass is 134 g/mol. The molecule has 0 heterocycles. The van der Waals surface area contributed by atoms with Crippen LogP contribution in [0.3, 0.4) is 0 Å². The van der Waals surface area contributed by atoms with Gasteiger partial charge in [0.2, 0.25) is 0 Å². The summed E-state index contributed by atoms with van der Waals surface area (Å²) in [6, 6.07) is 0. The second kappa shape index (κ2) is 5.04. The average molecular weight is 134 g/mol. The zero-order chi connectivity index (χ0) is 7.07. The quantitative estimate of drug-likeness (QED) is 0.477. The minimum atomic E-state index is 1.23. The van der Waals surface area contributed by atoms with Crippen LogP contribution in [0.5, 0.6) is 0 Å². The fourth-order valence-corrected chi connectivity index (χ4v) is 1.00. The van der Waals surface area contributed by atoms with Gasteiger partial charge in [0.05, 0.1) is 0 Å². The Balaban J connectivity index is 2.40. The van der Waals surface area contributed by atoms with Crippen LogP contribution in [-0.2, 0) is 0 Å². The molecule has 0 aliphatic heterocycles. The molecule has 0 spiro atoms. The second-order valence-electron chi connectivity index (χ2n) is 2.53. The summed E-state index contributed by atoms with van der Waals surface area (Å²) in [5.74, 6) is 0. The average Bonchev–Trinajstić information content (AvgIpc) is 2.01. The van der Waals surface area contributed by atoms with E-state index < -0.39 is 0 Å². The Bertz CT molecular complexity index is 131. The lowest BCUT2D eigenvalue weighted by Gasteiger charge is -1.92. The molecule has 1 rings (SSSR count). The van der Waals surface area contributed by atoms with Crippen LogP contribution in [0.1, 0.15) is 25.7 Å². The van der Waals surface area contributed by atoms with E-state index in [9.17, 15) is 0 Å². The van der Waals surface area contributed by atoms with E-state index in [0.29, 0.717) is 0 Å². The number of hydrogen-bond donors (Lipinski definition) is 0. The highest BCUT2D eigenvalue weighted by Gasteiger charge is 1.83. The summed E-state index contributed by atoms with van der Waals surface area (Å²) in [5.41, 5.74) is 0. The molecular formula is C10H14. The third-order valence-electron chi connectivity index (χ3n) is 1.60. The lowest BCUT2D eigenvalue weighted by Crippen LogP contribution is -1.72. The van der Waals surface area contributed by atoms with Crippen molar-refractivity contribution in [1.82, 2.24) is 0 Å². The van der Waals surface area contributed by atoms with E-state index in [-0.39, 0.29) is 0 Å².